The molecule has 0 saturated carbocycles. The minimum Gasteiger partial charge on any atom is -0.497 e. The largest absolute Gasteiger partial charge is 0.497 e. The second-order valence-corrected chi connectivity index (χ2v) is 9.44. The fraction of sp³-hybridized carbons (Fsp3) is 0.296. The zero-order valence-electron chi connectivity index (χ0n) is 20.8. The van der Waals surface area contributed by atoms with Crippen molar-refractivity contribution >= 4 is 27.8 Å². The smallest absolute Gasteiger partial charge is 0.324 e. The lowest BCUT2D eigenvalue weighted by Crippen LogP contribution is -2.36. The number of benzene rings is 2. The first-order valence-corrected chi connectivity index (χ1v) is 12.8. The van der Waals surface area contributed by atoms with Crippen LogP contribution in [0.2, 0.25) is 0 Å². The topological polar surface area (TPSA) is 86.0 Å². The SMILES string of the molecule is COc1ccc(CN(Cc2ccc(OC)cc2)c2ncc(-c3noc(N4CCOCC4)n3)cc2Br)cc1. The Hall–Kier alpha value is -3.63. The molecular weight excluding hydrogens is 538 g/mol. The van der Waals surface area contributed by atoms with E-state index in [9.17, 15) is 0 Å². The standard InChI is InChI=1S/C27H28BrN5O4/c1-34-22-7-3-19(4-8-22)17-33(18-20-5-9-23(35-2)10-6-20)26-24(28)15-21(16-29-26)25-30-27(37-31-25)32-11-13-36-14-12-32/h3-10,15-16H,11-14,17-18H2,1-2H3. The van der Waals surface area contributed by atoms with Crippen molar-refractivity contribution in [3.63, 3.8) is 0 Å². The van der Waals surface area contributed by atoms with Crippen LogP contribution >= 0.6 is 15.9 Å². The van der Waals surface area contributed by atoms with Crippen LogP contribution < -0.4 is 19.3 Å². The molecule has 0 spiro atoms. The number of ether oxygens (including phenoxy) is 3. The predicted octanol–water partition coefficient (Wildman–Crippen LogP) is 4.95. The monoisotopic (exact) mass is 565 g/mol. The van der Waals surface area contributed by atoms with E-state index in [1.54, 1.807) is 20.4 Å². The van der Waals surface area contributed by atoms with E-state index < -0.39 is 0 Å². The highest BCUT2D eigenvalue weighted by atomic mass is 79.9. The summed E-state index contributed by atoms with van der Waals surface area (Å²) in [5.74, 6) is 2.96. The average molecular weight is 566 g/mol. The third-order valence-corrected chi connectivity index (χ3v) is 6.72. The zero-order valence-corrected chi connectivity index (χ0v) is 22.3. The zero-order chi connectivity index (χ0) is 25.6. The molecule has 5 rings (SSSR count). The Kier molecular flexibility index (Phi) is 7.86. The summed E-state index contributed by atoms with van der Waals surface area (Å²) in [6.45, 7) is 4.08. The van der Waals surface area contributed by atoms with Gasteiger partial charge in [0.2, 0.25) is 5.82 Å². The normalized spacial score (nSPS) is 13.4. The molecule has 0 atom stereocenters. The van der Waals surface area contributed by atoms with Crippen LogP contribution in [-0.4, -0.2) is 55.6 Å². The van der Waals surface area contributed by atoms with E-state index in [2.05, 4.69) is 55.2 Å². The van der Waals surface area contributed by atoms with Crippen LogP contribution in [0.25, 0.3) is 11.4 Å². The molecule has 0 radical (unpaired) electrons. The molecule has 10 heteroatoms. The lowest BCUT2D eigenvalue weighted by atomic mass is 10.1. The Balaban J connectivity index is 1.40. The Morgan fingerprint density at radius 1 is 0.919 bits per heavy atom. The maximum Gasteiger partial charge on any atom is 0.324 e. The molecule has 0 aliphatic carbocycles. The number of aromatic nitrogens is 3. The van der Waals surface area contributed by atoms with Crippen LogP contribution in [0.5, 0.6) is 11.5 Å². The van der Waals surface area contributed by atoms with Crippen LogP contribution in [0.4, 0.5) is 11.8 Å². The van der Waals surface area contributed by atoms with Gasteiger partial charge < -0.3 is 28.5 Å². The molecule has 0 unspecified atom stereocenters. The van der Waals surface area contributed by atoms with E-state index in [1.807, 2.05) is 35.2 Å². The van der Waals surface area contributed by atoms with Gasteiger partial charge in [0.25, 0.3) is 0 Å². The molecule has 4 aromatic rings. The van der Waals surface area contributed by atoms with E-state index in [0.29, 0.717) is 38.1 Å². The van der Waals surface area contributed by atoms with Gasteiger partial charge in [-0.1, -0.05) is 29.4 Å². The van der Waals surface area contributed by atoms with Gasteiger partial charge in [-0.05, 0) is 57.4 Å². The Labute approximate surface area is 224 Å². The highest BCUT2D eigenvalue weighted by Gasteiger charge is 2.20. The first kappa shape index (κ1) is 25.0. The van der Waals surface area contributed by atoms with Crippen LogP contribution in [0.15, 0.2) is 69.8 Å². The van der Waals surface area contributed by atoms with Crippen molar-refractivity contribution < 1.29 is 18.7 Å². The van der Waals surface area contributed by atoms with E-state index in [-0.39, 0.29) is 0 Å². The lowest BCUT2D eigenvalue weighted by Gasteiger charge is -2.25. The number of methoxy groups -OCH3 is 2. The fourth-order valence-corrected chi connectivity index (χ4v) is 4.71. The van der Waals surface area contributed by atoms with Crippen molar-refractivity contribution in [2.75, 3.05) is 50.3 Å². The number of halogens is 1. The average Bonchev–Trinajstić information content (AvgIpc) is 3.45. The first-order chi connectivity index (χ1) is 18.1. The molecule has 1 saturated heterocycles. The molecule has 9 nitrogen and oxygen atoms in total. The predicted molar refractivity (Wildman–Crippen MR) is 144 cm³/mol. The van der Waals surface area contributed by atoms with E-state index in [0.717, 1.165) is 51.6 Å². The fourth-order valence-electron chi connectivity index (χ4n) is 4.11. The van der Waals surface area contributed by atoms with Crippen molar-refractivity contribution in [1.82, 2.24) is 15.1 Å². The van der Waals surface area contributed by atoms with Crippen LogP contribution in [0.1, 0.15) is 11.1 Å². The second kappa shape index (κ2) is 11.6. The summed E-state index contributed by atoms with van der Waals surface area (Å²) in [6, 6.07) is 18.6. The summed E-state index contributed by atoms with van der Waals surface area (Å²) in [4.78, 5) is 13.6. The van der Waals surface area contributed by atoms with E-state index in [4.69, 9.17) is 23.7 Å². The first-order valence-electron chi connectivity index (χ1n) is 12.0. The third-order valence-electron chi connectivity index (χ3n) is 6.14. The summed E-state index contributed by atoms with van der Waals surface area (Å²) < 4.78 is 22.4. The third kappa shape index (κ3) is 6.03. The Morgan fingerprint density at radius 3 is 2.05 bits per heavy atom. The van der Waals surface area contributed by atoms with Gasteiger partial charge in [-0.3, -0.25) is 0 Å². The van der Waals surface area contributed by atoms with Crippen LogP contribution in [-0.2, 0) is 17.8 Å². The van der Waals surface area contributed by atoms with Gasteiger partial charge >= 0.3 is 6.01 Å². The molecule has 2 aromatic carbocycles. The molecule has 37 heavy (non-hydrogen) atoms. The highest BCUT2D eigenvalue weighted by Crippen LogP contribution is 2.31. The van der Waals surface area contributed by atoms with Gasteiger partial charge in [-0.25, -0.2) is 4.98 Å². The maximum atomic E-state index is 5.51. The van der Waals surface area contributed by atoms with Crippen LogP contribution in [0, 0.1) is 0 Å². The van der Waals surface area contributed by atoms with Crippen molar-refractivity contribution in [1.29, 1.82) is 0 Å². The molecule has 1 aliphatic rings. The molecule has 192 valence electrons. The Bertz CT molecular complexity index is 1260. The molecule has 0 N–H and O–H groups in total. The second-order valence-electron chi connectivity index (χ2n) is 8.58. The maximum absolute atomic E-state index is 5.51. The van der Waals surface area contributed by atoms with Gasteiger partial charge in [0.05, 0.1) is 31.9 Å². The molecule has 1 aliphatic heterocycles. The summed E-state index contributed by atoms with van der Waals surface area (Å²) in [5.41, 5.74) is 3.05. The lowest BCUT2D eigenvalue weighted by molar-refractivity contribution is 0.119. The molecule has 0 bridgehead atoms. The van der Waals surface area contributed by atoms with Gasteiger partial charge in [0, 0.05) is 37.9 Å². The van der Waals surface area contributed by atoms with E-state index in [1.165, 1.54) is 0 Å². The van der Waals surface area contributed by atoms with Crippen molar-refractivity contribution in [3.8, 4) is 22.9 Å². The summed E-state index contributed by atoms with van der Waals surface area (Å²) >= 11 is 3.74. The van der Waals surface area contributed by atoms with Crippen molar-refractivity contribution in [3.05, 3.63) is 76.4 Å². The number of hydrogen-bond donors (Lipinski definition) is 0. The molecule has 2 aromatic heterocycles. The Morgan fingerprint density at radius 2 is 1.51 bits per heavy atom. The number of hydrogen-bond acceptors (Lipinski definition) is 9. The highest BCUT2D eigenvalue weighted by molar-refractivity contribution is 9.10. The molecule has 1 fully saturated rings. The van der Waals surface area contributed by atoms with Gasteiger partial charge in [0.15, 0.2) is 0 Å². The summed E-state index contributed by atoms with van der Waals surface area (Å²) in [6.07, 6.45) is 1.78. The number of morpholine rings is 1. The van der Waals surface area contributed by atoms with Crippen molar-refractivity contribution in [2.24, 2.45) is 0 Å². The summed E-state index contributed by atoms with van der Waals surface area (Å²) in [5, 5.41) is 4.18. The number of pyridine rings is 1. The molecular formula is C27H28BrN5O4. The number of anilines is 2. The number of rotatable bonds is 9. The molecule has 3 heterocycles. The van der Waals surface area contributed by atoms with E-state index >= 15 is 0 Å². The van der Waals surface area contributed by atoms with Crippen molar-refractivity contribution in [2.45, 2.75) is 13.1 Å². The summed E-state index contributed by atoms with van der Waals surface area (Å²) in [7, 11) is 3.34. The molecule has 0 amide bonds. The quantitative estimate of drug-likeness (QED) is 0.279. The minimum absolute atomic E-state index is 0.498. The number of nitrogens with zero attached hydrogens (tertiary/aromatic N) is 5. The van der Waals surface area contributed by atoms with Gasteiger partial charge in [-0.15, -0.1) is 0 Å². The van der Waals surface area contributed by atoms with Crippen LogP contribution in [0.3, 0.4) is 0 Å². The minimum atomic E-state index is 0.498. The van der Waals surface area contributed by atoms with Gasteiger partial charge in [0.1, 0.15) is 17.3 Å². The van der Waals surface area contributed by atoms with Gasteiger partial charge in [-0.2, -0.15) is 4.98 Å².